The van der Waals surface area contributed by atoms with E-state index in [4.69, 9.17) is 11.6 Å². The van der Waals surface area contributed by atoms with Crippen LogP contribution in [0.15, 0.2) is 24.3 Å². The van der Waals surface area contributed by atoms with Gasteiger partial charge in [-0.1, -0.05) is 11.6 Å². The van der Waals surface area contributed by atoms with Gasteiger partial charge >= 0.3 is 6.18 Å². The molecule has 0 bridgehead atoms. The lowest BCUT2D eigenvalue weighted by Crippen LogP contribution is -2.13. The molecule has 0 fully saturated rings. The maximum Gasteiger partial charge on any atom is 0.451 e. The van der Waals surface area contributed by atoms with Crippen molar-refractivity contribution in [1.82, 2.24) is 9.97 Å². The third-order valence-corrected chi connectivity index (χ3v) is 2.76. The van der Waals surface area contributed by atoms with Gasteiger partial charge in [-0.2, -0.15) is 13.2 Å². The third kappa shape index (κ3) is 3.72. The van der Waals surface area contributed by atoms with Crippen molar-refractivity contribution in [1.29, 1.82) is 0 Å². The number of benzene rings is 1. The number of rotatable bonds is 3. The molecule has 2 N–H and O–H groups in total. The molecule has 21 heavy (non-hydrogen) atoms. The summed E-state index contributed by atoms with van der Waals surface area (Å²) in [6, 6.07) is 4.71. The van der Waals surface area contributed by atoms with E-state index in [1.165, 1.54) is 19.2 Å². The summed E-state index contributed by atoms with van der Waals surface area (Å²) in [5, 5.41) is 5.18. The summed E-state index contributed by atoms with van der Waals surface area (Å²) in [4.78, 5) is 6.66. The second kappa shape index (κ2) is 5.72. The van der Waals surface area contributed by atoms with Gasteiger partial charge in [-0.3, -0.25) is 0 Å². The average Bonchev–Trinajstić information content (AvgIpc) is 2.41. The molecule has 2 aromatic rings. The zero-order valence-electron chi connectivity index (χ0n) is 10.6. The summed E-state index contributed by atoms with van der Waals surface area (Å²) in [6.45, 7) is 0. The number of aromatic nitrogens is 2. The van der Waals surface area contributed by atoms with Crippen molar-refractivity contribution >= 4 is 28.9 Å². The van der Waals surface area contributed by atoms with Gasteiger partial charge in [0.15, 0.2) is 0 Å². The van der Waals surface area contributed by atoms with Gasteiger partial charge in [0.25, 0.3) is 0 Å². The minimum Gasteiger partial charge on any atom is -0.373 e. The van der Waals surface area contributed by atoms with E-state index in [1.54, 1.807) is 0 Å². The molecule has 1 aromatic heterocycles. The van der Waals surface area contributed by atoms with Gasteiger partial charge in [0, 0.05) is 13.1 Å². The largest absolute Gasteiger partial charge is 0.451 e. The van der Waals surface area contributed by atoms with E-state index in [2.05, 4.69) is 20.6 Å². The molecule has 1 heterocycles. The van der Waals surface area contributed by atoms with Crippen molar-refractivity contribution in [3.8, 4) is 0 Å². The van der Waals surface area contributed by atoms with Crippen molar-refractivity contribution in [3.63, 3.8) is 0 Å². The normalized spacial score (nSPS) is 11.3. The Morgan fingerprint density at radius 3 is 2.38 bits per heavy atom. The minimum absolute atomic E-state index is 0.0349. The molecule has 0 unspecified atom stereocenters. The van der Waals surface area contributed by atoms with Crippen LogP contribution in [-0.4, -0.2) is 17.0 Å². The van der Waals surface area contributed by atoms with Crippen LogP contribution < -0.4 is 10.6 Å². The first-order valence-electron chi connectivity index (χ1n) is 5.65. The highest BCUT2D eigenvalue weighted by Crippen LogP contribution is 2.30. The molecule has 112 valence electrons. The van der Waals surface area contributed by atoms with Gasteiger partial charge in [0.05, 0.1) is 10.7 Å². The molecule has 1 aromatic carbocycles. The summed E-state index contributed by atoms with van der Waals surface area (Å²) in [6.07, 6.45) is -4.70. The van der Waals surface area contributed by atoms with Gasteiger partial charge in [0.2, 0.25) is 5.82 Å². The maximum absolute atomic E-state index is 13.1. The van der Waals surface area contributed by atoms with E-state index in [-0.39, 0.29) is 22.3 Å². The highest BCUT2D eigenvalue weighted by Gasteiger charge is 2.35. The Labute approximate surface area is 122 Å². The van der Waals surface area contributed by atoms with Crippen LogP contribution in [0.3, 0.4) is 0 Å². The molecule has 0 aliphatic carbocycles. The topological polar surface area (TPSA) is 49.8 Å². The SMILES string of the molecule is CNc1cc(Nc2cc(F)ccc2Cl)nc(C(F)(F)F)n1. The lowest BCUT2D eigenvalue weighted by Gasteiger charge is -2.12. The molecule has 0 spiro atoms. The number of nitrogens with one attached hydrogen (secondary N) is 2. The number of nitrogens with zero attached hydrogens (tertiary/aromatic N) is 2. The molecular formula is C12H9ClF4N4. The monoisotopic (exact) mass is 320 g/mol. The van der Waals surface area contributed by atoms with Gasteiger partial charge in [-0.15, -0.1) is 0 Å². The molecule has 0 saturated heterocycles. The van der Waals surface area contributed by atoms with Gasteiger partial charge in [-0.25, -0.2) is 14.4 Å². The molecule has 0 atom stereocenters. The Morgan fingerprint density at radius 2 is 1.76 bits per heavy atom. The fourth-order valence-electron chi connectivity index (χ4n) is 1.50. The summed E-state index contributed by atoms with van der Waals surface area (Å²) in [5.74, 6) is -2.09. The van der Waals surface area contributed by atoms with Crippen molar-refractivity contribution in [3.05, 3.63) is 40.9 Å². The van der Waals surface area contributed by atoms with Crippen LogP contribution in [0.5, 0.6) is 0 Å². The molecule has 0 saturated carbocycles. The van der Waals surface area contributed by atoms with Crippen LogP contribution >= 0.6 is 11.6 Å². The number of anilines is 3. The summed E-state index contributed by atoms with van der Waals surface area (Å²) in [7, 11) is 1.42. The lowest BCUT2D eigenvalue weighted by atomic mass is 10.3. The van der Waals surface area contributed by atoms with Crippen LogP contribution in [0.1, 0.15) is 5.82 Å². The zero-order valence-corrected chi connectivity index (χ0v) is 11.3. The number of hydrogen-bond donors (Lipinski definition) is 2. The van der Waals surface area contributed by atoms with Crippen LogP contribution in [0.4, 0.5) is 34.9 Å². The Morgan fingerprint density at radius 1 is 1.10 bits per heavy atom. The molecule has 0 aliphatic heterocycles. The summed E-state index contributed by atoms with van der Waals surface area (Å²) in [5.41, 5.74) is 0.102. The van der Waals surface area contributed by atoms with E-state index in [1.807, 2.05) is 0 Å². The van der Waals surface area contributed by atoms with Gasteiger partial charge < -0.3 is 10.6 Å². The highest BCUT2D eigenvalue weighted by molar-refractivity contribution is 6.33. The molecule has 0 radical (unpaired) electrons. The Bertz CT molecular complexity index is 660. The fourth-order valence-corrected chi connectivity index (χ4v) is 1.66. The lowest BCUT2D eigenvalue weighted by molar-refractivity contribution is -0.144. The second-order valence-corrected chi connectivity index (χ2v) is 4.37. The minimum atomic E-state index is -4.70. The van der Waals surface area contributed by atoms with Crippen molar-refractivity contribution in [2.45, 2.75) is 6.18 Å². The fraction of sp³-hybridized carbons (Fsp3) is 0.167. The number of halogens is 5. The standard InChI is InChI=1S/C12H9ClF4N4/c1-18-9-5-10(21-11(20-9)12(15,16)17)19-8-4-6(14)2-3-7(8)13/h2-5H,1H3,(H2,18,19,20,21). The van der Waals surface area contributed by atoms with Crippen molar-refractivity contribution < 1.29 is 17.6 Å². The first-order chi connectivity index (χ1) is 9.79. The number of hydrogen-bond acceptors (Lipinski definition) is 4. The first kappa shape index (κ1) is 15.3. The highest BCUT2D eigenvalue weighted by atomic mass is 35.5. The Hall–Kier alpha value is -2.09. The Balaban J connectivity index is 2.42. The number of alkyl halides is 3. The van der Waals surface area contributed by atoms with Crippen LogP contribution in [-0.2, 0) is 6.18 Å². The average molecular weight is 321 g/mol. The smallest absolute Gasteiger partial charge is 0.373 e. The Kier molecular flexibility index (Phi) is 4.17. The molecule has 0 amide bonds. The predicted octanol–water partition coefficient (Wildman–Crippen LogP) is 4.07. The predicted molar refractivity (Wildman–Crippen MR) is 71.3 cm³/mol. The van der Waals surface area contributed by atoms with Gasteiger partial charge in [0.1, 0.15) is 17.5 Å². The second-order valence-electron chi connectivity index (χ2n) is 3.96. The van der Waals surface area contributed by atoms with E-state index in [0.717, 1.165) is 12.1 Å². The van der Waals surface area contributed by atoms with Crippen molar-refractivity contribution in [2.75, 3.05) is 17.7 Å². The van der Waals surface area contributed by atoms with Gasteiger partial charge in [-0.05, 0) is 18.2 Å². The molecular weight excluding hydrogens is 312 g/mol. The van der Waals surface area contributed by atoms with E-state index in [0.29, 0.717) is 0 Å². The van der Waals surface area contributed by atoms with Crippen molar-refractivity contribution in [2.24, 2.45) is 0 Å². The zero-order chi connectivity index (χ0) is 15.6. The molecule has 2 rings (SSSR count). The summed E-state index contributed by atoms with van der Waals surface area (Å²) < 4.78 is 51.2. The summed E-state index contributed by atoms with van der Waals surface area (Å²) >= 11 is 5.84. The van der Waals surface area contributed by atoms with Crippen LogP contribution in [0.25, 0.3) is 0 Å². The molecule has 4 nitrogen and oxygen atoms in total. The molecule has 9 heteroatoms. The van der Waals surface area contributed by atoms with E-state index >= 15 is 0 Å². The van der Waals surface area contributed by atoms with Crippen LogP contribution in [0.2, 0.25) is 5.02 Å². The third-order valence-electron chi connectivity index (χ3n) is 2.43. The van der Waals surface area contributed by atoms with E-state index in [9.17, 15) is 17.6 Å². The first-order valence-corrected chi connectivity index (χ1v) is 6.03. The van der Waals surface area contributed by atoms with E-state index < -0.39 is 17.8 Å². The quantitative estimate of drug-likeness (QED) is 0.837. The van der Waals surface area contributed by atoms with Crippen LogP contribution in [0, 0.1) is 5.82 Å². The maximum atomic E-state index is 13.1. The molecule has 0 aliphatic rings.